The Balaban J connectivity index is 2.09. The van der Waals surface area contributed by atoms with Gasteiger partial charge in [-0.1, -0.05) is 12.1 Å². The van der Waals surface area contributed by atoms with Crippen LogP contribution in [0.15, 0.2) is 4.52 Å². The van der Waals surface area contributed by atoms with Crippen molar-refractivity contribution in [3.8, 4) is 0 Å². The van der Waals surface area contributed by atoms with Crippen molar-refractivity contribution in [1.82, 2.24) is 20.4 Å². The third-order valence-corrected chi connectivity index (χ3v) is 4.77. The van der Waals surface area contributed by atoms with Crippen molar-refractivity contribution >= 4 is 11.8 Å². The van der Waals surface area contributed by atoms with Gasteiger partial charge >= 0.3 is 0 Å². The Morgan fingerprint density at radius 2 is 2.28 bits per heavy atom. The van der Waals surface area contributed by atoms with Crippen LogP contribution in [0.5, 0.6) is 0 Å². The second kappa shape index (κ2) is 6.04. The fourth-order valence-electron chi connectivity index (χ4n) is 1.99. The lowest BCUT2D eigenvalue weighted by Crippen LogP contribution is -2.33. The molecule has 0 spiro atoms. The fraction of sp³-hybridized carbons (Fsp3) is 0.833. The average Bonchev–Trinajstić information content (AvgIpc) is 2.87. The zero-order valence-electron chi connectivity index (χ0n) is 11.5. The molecule has 5 nitrogen and oxygen atoms in total. The summed E-state index contributed by atoms with van der Waals surface area (Å²) in [4.78, 5) is 6.88. The SMILES string of the molecule is CNC(C)C(C)c1nc(C2CSCCN2C)no1. The number of nitrogens with one attached hydrogen (secondary N) is 1. The van der Waals surface area contributed by atoms with Gasteiger partial charge in [0.25, 0.3) is 0 Å². The lowest BCUT2D eigenvalue weighted by Gasteiger charge is -2.29. The molecule has 1 aliphatic rings. The van der Waals surface area contributed by atoms with Crippen LogP contribution in [0.4, 0.5) is 0 Å². The lowest BCUT2D eigenvalue weighted by atomic mass is 10.0. The van der Waals surface area contributed by atoms with E-state index in [1.54, 1.807) is 0 Å². The third-order valence-electron chi connectivity index (χ3n) is 3.75. The Morgan fingerprint density at radius 3 is 2.94 bits per heavy atom. The molecule has 102 valence electrons. The molecule has 2 heterocycles. The quantitative estimate of drug-likeness (QED) is 0.895. The first-order valence-electron chi connectivity index (χ1n) is 6.42. The van der Waals surface area contributed by atoms with Gasteiger partial charge in [-0.25, -0.2) is 0 Å². The van der Waals surface area contributed by atoms with Crippen LogP contribution in [0, 0.1) is 0 Å². The van der Waals surface area contributed by atoms with E-state index in [0.717, 1.165) is 24.0 Å². The topological polar surface area (TPSA) is 54.2 Å². The monoisotopic (exact) mass is 270 g/mol. The molecule has 1 aromatic rings. The second-order valence-corrected chi connectivity index (χ2v) is 6.08. The third kappa shape index (κ3) is 2.87. The maximum Gasteiger partial charge on any atom is 0.231 e. The predicted molar refractivity (Wildman–Crippen MR) is 73.9 cm³/mol. The Morgan fingerprint density at radius 1 is 1.50 bits per heavy atom. The first kappa shape index (κ1) is 13.8. The second-order valence-electron chi connectivity index (χ2n) is 4.93. The van der Waals surface area contributed by atoms with E-state index in [2.05, 4.69) is 41.3 Å². The van der Waals surface area contributed by atoms with Crippen molar-refractivity contribution in [2.24, 2.45) is 0 Å². The number of thioether (sulfide) groups is 1. The number of nitrogens with zero attached hydrogens (tertiary/aromatic N) is 3. The molecular formula is C12H22N4OS. The molecule has 0 bridgehead atoms. The summed E-state index contributed by atoms with van der Waals surface area (Å²) >= 11 is 1.95. The number of likely N-dealkylation sites (N-methyl/N-ethyl adjacent to an activating group) is 1. The molecule has 0 aliphatic carbocycles. The largest absolute Gasteiger partial charge is 0.339 e. The summed E-state index contributed by atoms with van der Waals surface area (Å²) in [7, 11) is 4.07. The average molecular weight is 270 g/mol. The van der Waals surface area contributed by atoms with Gasteiger partial charge in [-0.05, 0) is 21.0 Å². The molecule has 1 saturated heterocycles. The number of rotatable bonds is 4. The molecule has 1 fully saturated rings. The van der Waals surface area contributed by atoms with E-state index in [0.29, 0.717) is 12.1 Å². The van der Waals surface area contributed by atoms with Crippen LogP contribution in [-0.4, -0.2) is 53.2 Å². The summed E-state index contributed by atoms with van der Waals surface area (Å²) in [5.74, 6) is 4.03. The van der Waals surface area contributed by atoms with Crippen molar-refractivity contribution in [3.05, 3.63) is 11.7 Å². The van der Waals surface area contributed by atoms with Gasteiger partial charge in [0.2, 0.25) is 5.89 Å². The summed E-state index contributed by atoms with van der Waals surface area (Å²) in [6, 6.07) is 0.620. The highest BCUT2D eigenvalue weighted by Gasteiger charge is 2.27. The molecule has 1 N–H and O–H groups in total. The molecule has 3 atom stereocenters. The molecular weight excluding hydrogens is 248 g/mol. The predicted octanol–water partition coefficient (Wildman–Crippen LogP) is 1.50. The molecule has 0 aromatic carbocycles. The summed E-state index contributed by atoms with van der Waals surface area (Å²) in [6.07, 6.45) is 0. The van der Waals surface area contributed by atoms with E-state index in [4.69, 9.17) is 4.52 Å². The van der Waals surface area contributed by atoms with Crippen LogP contribution in [0.25, 0.3) is 0 Å². The van der Waals surface area contributed by atoms with Crippen LogP contribution in [0.1, 0.15) is 37.5 Å². The van der Waals surface area contributed by atoms with Crippen LogP contribution >= 0.6 is 11.8 Å². The van der Waals surface area contributed by atoms with Gasteiger partial charge in [0.15, 0.2) is 5.82 Å². The summed E-state index contributed by atoms with van der Waals surface area (Å²) < 4.78 is 5.41. The molecule has 0 radical (unpaired) electrons. The zero-order chi connectivity index (χ0) is 13.1. The maximum atomic E-state index is 5.41. The molecule has 2 rings (SSSR count). The van der Waals surface area contributed by atoms with Gasteiger partial charge in [-0.15, -0.1) is 0 Å². The van der Waals surface area contributed by atoms with Gasteiger partial charge < -0.3 is 9.84 Å². The lowest BCUT2D eigenvalue weighted by molar-refractivity contribution is 0.255. The van der Waals surface area contributed by atoms with E-state index >= 15 is 0 Å². The van der Waals surface area contributed by atoms with Crippen molar-refractivity contribution in [1.29, 1.82) is 0 Å². The Bertz CT molecular complexity index is 384. The first-order valence-corrected chi connectivity index (χ1v) is 7.57. The van der Waals surface area contributed by atoms with E-state index in [9.17, 15) is 0 Å². The number of hydrogen-bond acceptors (Lipinski definition) is 6. The minimum absolute atomic E-state index is 0.234. The molecule has 1 aliphatic heterocycles. The van der Waals surface area contributed by atoms with Crippen LogP contribution in [0.3, 0.4) is 0 Å². The molecule has 18 heavy (non-hydrogen) atoms. The Hall–Kier alpha value is -0.590. The van der Waals surface area contributed by atoms with Gasteiger partial charge in [0.05, 0.1) is 12.0 Å². The van der Waals surface area contributed by atoms with Crippen LogP contribution in [0.2, 0.25) is 0 Å². The standard InChI is InChI=1S/C12H22N4OS/c1-8(9(2)13-3)12-14-11(15-17-12)10-7-18-6-5-16(10)4/h8-10,13H,5-7H2,1-4H3. The van der Waals surface area contributed by atoms with Gasteiger partial charge in [-0.3, -0.25) is 4.90 Å². The summed E-state index contributed by atoms with van der Waals surface area (Å²) in [5, 5.41) is 7.38. The van der Waals surface area contributed by atoms with Crippen molar-refractivity contribution in [2.75, 3.05) is 32.1 Å². The fourth-order valence-corrected chi connectivity index (χ4v) is 3.20. The first-order chi connectivity index (χ1) is 8.63. The van der Waals surface area contributed by atoms with Gasteiger partial charge in [0, 0.05) is 24.1 Å². The highest BCUT2D eigenvalue weighted by atomic mass is 32.2. The van der Waals surface area contributed by atoms with E-state index in [1.807, 2.05) is 18.8 Å². The van der Waals surface area contributed by atoms with E-state index in [1.165, 1.54) is 5.75 Å². The Kier molecular flexibility index (Phi) is 4.64. The highest BCUT2D eigenvalue weighted by molar-refractivity contribution is 7.99. The van der Waals surface area contributed by atoms with Crippen molar-refractivity contribution in [3.63, 3.8) is 0 Å². The van der Waals surface area contributed by atoms with Crippen LogP contribution < -0.4 is 5.32 Å². The molecule has 1 aromatic heterocycles. The van der Waals surface area contributed by atoms with E-state index in [-0.39, 0.29) is 5.92 Å². The minimum atomic E-state index is 0.234. The highest BCUT2D eigenvalue weighted by Crippen LogP contribution is 2.27. The van der Waals surface area contributed by atoms with Crippen molar-refractivity contribution < 1.29 is 4.52 Å². The van der Waals surface area contributed by atoms with Gasteiger partial charge in [-0.2, -0.15) is 16.7 Å². The molecule has 6 heteroatoms. The molecule has 0 amide bonds. The smallest absolute Gasteiger partial charge is 0.231 e. The number of hydrogen-bond donors (Lipinski definition) is 1. The van der Waals surface area contributed by atoms with Crippen molar-refractivity contribution in [2.45, 2.75) is 31.8 Å². The normalized spacial score (nSPS) is 25.0. The molecule has 0 saturated carbocycles. The Labute approximate surface area is 113 Å². The molecule has 3 unspecified atom stereocenters. The minimum Gasteiger partial charge on any atom is -0.339 e. The van der Waals surface area contributed by atoms with Gasteiger partial charge in [0.1, 0.15) is 0 Å². The van der Waals surface area contributed by atoms with Crippen LogP contribution in [-0.2, 0) is 0 Å². The van der Waals surface area contributed by atoms with E-state index < -0.39 is 0 Å². The summed E-state index contributed by atoms with van der Waals surface area (Å²) in [5.41, 5.74) is 0. The summed E-state index contributed by atoms with van der Waals surface area (Å²) in [6.45, 7) is 5.32. The number of aromatic nitrogens is 2. The maximum absolute atomic E-state index is 5.41. The zero-order valence-corrected chi connectivity index (χ0v) is 12.3.